The van der Waals surface area contributed by atoms with Crippen LogP contribution in [0.4, 0.5) is 0 Å². The van der Waals surface area contributed by atoms with Gasteiger partial charge in [-0.2, -0.15) is 0 Å². The van der Waals surface area contributed by atoms with Crippen LogP contribution in [0.5, 0.6) is 0 Å². The molecule has 0 aliphatic carbocycles. The largest absolute Gasteiger partial charge is 0.477 e. The average molecular weight is 274 g/mol. The van der Waals surface area contributed by atoms with Crippen LogP contribution in [-0.4, -0.2) is 48.2 Å². The smallest absolute Gasteiger partial charge is 0.341 e. The fourth-order valence-electron chi connectivity index (χ4n) is 1.27. The molecule has 0 spiro atoms. The normalized spacial score (nSPS) is 11.7. The molecule has 100 valence electrons. The molecule has 0 saturated heterocycles. The monoisotopic (exact) mass is 274 g/mol. The second-order valence-electron chi connectivity index (χ2n) is 3.82. The van der Waals surface area contributed by atoms with Crippen molar-refractivity contribution in [2.24, 2.45) is 0 Å². The fraction of sp³-hybridized carbons (Fsp3) is 0.400. The number of nitrogens with zero attached hydrogens (tertiary/aromatic N) is 2. The molecule has 0 unspecified atom stereocenters. The Labute approximate surface area is 104 Å². The van der Waals surface area contributed by atoms with Crippen LogP contribution in [0.2, 0.25) is 0 Å². The minimum Gasteiger partial charge on any atom is -0.477 e. The van der Waals surface area contributed by atoms with Gasteiger partial charge >= 0.3 is 5.97 Å². The highest BCUT2D eigenvalue weighted by Crippen LogP contribution is 1.97. The Morgan fingerprint density at radius 1 is 1.44 bits per heavy atom. The van der Waals surface area contributed by atoms with Crippen LogP contribution < -0.4 is 5.56 Å². The summed E-state index contributed by atoms with van der Waals surface area (Å²) in [4.78, 5) is 22.4. The maximum atomic E-state index is 11.7. The van der Waals surface area contributed by atoms with Gasteiger partial charge in [0.05, 0.1) is 5.75 Å². The first-order valence-corrected chi connectivity index (χ1v) is 6.69. The number of hydrogen-bond acceptors (Lipinski definition) is 4. The van der Waals surface area contributed by atoms with Crippen molar-refractivity contribution in [3.63, 3.8) is 0 Å². The molecule has 7 nitrogen and oxygen atoms in total. The van der Waals surface area contributed by atoms with Crippen LogP contribution in [0.15, 0.2) is 23.1 Å². The molecular formula is C10H14N2O5S. The number of rotatable bonds is 5. The summed E-state index contributed by atoms with van der Waals surface area (Å²) in [6, 6.07) is 2.58. The molecule has 0 aliphatic heterocycles. The highest BCUT2D eigenvalue weighted by Gasteiger charge is 2.15. The van der Waals surface area contributed by atoms with Crippen LogP contribution in [0.25, 0.3) is 0 Å². The molecule has 1 N–H and O–H groups in total. The third-order valence-corrected chi connectivity index (χ3v) is 4.21. The summed E-state index contributed by atoms with van der Waals surface area (Å²) in [6.07, 6.45) is 1.36. The van der Waals surface area contributed by atoms with Gasteiger partial charge in [0.25, 0.3) is 5.56 Å². The number of carboxylic acids is 1. The van der Waals surface area contributed by atoms with E-state index < -0.39 is 21.6 Å². The fourth-order valence-corrected chi connectivity index (χ4v) is 2.06. The summed E-state index contributed by atoms with van der Waals surface area (Å²) in [7, 11) is -0.631. The molecule has 0 aromatic carbocycles. The van der Waals surface area contributed by atoms with Crippen LogP contribution >= 0.6 is 0 Å². The predicted octanol–water partition coefficient (Wildman–Crippen LogP) is -0.562. The number of hydrogen-bond donors (Lipinski definition) is 1. The van der Waals surface area contributed by atoms with Gasteiger partial charge in [-0.15, -0.1) is 0 Å². The van der Waals surface area contributed by atoms with E-state index in [4.69, 9.17) is 5.11 Å². The van der Waals surface area contributed by atoms with Gasteiger partial charge in [-0.3, -0.25) is 4.79 Å². The number of carboxylic acid groups (broad SMARTS) is 1. The van der Waals surface area contributed by atoms with Gasteiger partial charge in [0.2, 0.25) is 10.0 Å². The van der Waals surface area contributed by atoms with Gasteiger partial charge in [0.1, 0.15) is 5.56 Å². The van der Waals surface area contributed by atoms with Crippen molar-refractivity contribution >= 4 is 16.0 Å². The van der Waals surface area contributed by atoms with Gasteiger partial charge in [-0.05, 0) is 12.1 Å². The molecule has 0 bridgehead atoms. The molecule has 18 heavy (non-hydrogen) atoms. The van der Waals surface area contributed by atoms with Crippen molar-refractivity contribution in [3.05, 3.63) is 34.2 Å². The summed E-state index contributed by atoms with van der Waals surface area (Å²) < 4.78 is 25.2. The van der Waals surface area contributed by atoms with Gasteiger partial charge in [-0.25, -0.2) is 17.5 Å². The topological polar surface area (TPSA) is 96.7 Å². The lowest BCUT2D eigenvalue weighted by molar-refractivity contribution is 0.0694. The summed E-state index contributed by atoms with van der Waals surface area (Å²) in [5, 5.41) is 8.77. The number of pyridine rings is 1. The maximum Gasteiger partial charge on any atom is 0.341 e. The Bertz CT molecular complexity index is 603. The molecule has 1 aromatic rings. The summed E-state index contributed by atoms with van der Waals surface area (Å²) in [6.45, 7) is -0.0829. The van der Waals surface area contributed by atoms with Crippen molar-refractivity contribution in [2.45, 2.75) is 6.54 Å². The van der Waals surface area contributed by atoms with E-state index in [1.165, 1.54) is 32.4 Å². The number of aromatic nitrogens is 1. The van der Waals surface area contributed by atoms with Crippen molar-refractivity contribution in [2.75, 3.05) is 19.8 Å². The first-order chi connectivity index (χ1) is 8.25. The molecule has 0 saturated carbocycles. The van der Waals surface area contributed by atoms with Crippen LogP contribution in [0, 0.1) is 0 Å². The maximum absolute atomic E-state index is 11.7. The van der Waals surface area contributed by atoms with E-state index in [9.17, 15) is 18.0 Å². The first-order valence-electron chi connectivity index (χ1n) is 5.08. The van der Waals surface area contributed by atoms with Crippen LogP contribution in [0.3, 0.4) is 0 Å². The Morgan fingerprint density at radius 3 is 2.56 bits per heavy atom. The number of carbonyl (C=O) groups is 1. The van der Waals surface area contributed by atoms with Crippen molar-refractivity contribution in [1.82, 2.24) is 8.87 Å². The lowest BCUT2D eigenvalue weighted by atomic mass is 10.3. The Morgan fingerprint density at radius 2 is 2.06 bits per heavy atom. The lowest BCUT2D eigenvalue weighted by Gasteiger charge is -2.12. The SMILES string of the molecule is CN(C)S(=O)(=O)CCn1cccc(C(=O)O)c1=O. The van der Waals surface area contributed by atoms with Gasteiger partial charge in [0, 0.05) is 26.8 Å². The molecule has 1 rings (SSSR count). The molecule has 0 aliphatic rings. The molecule has 0 amide bonds. The van der Waals surface area contributed by atoms with Crippen molar-refractivity contribution in [3.8, 4) is 0 Å². The van der Waals surface area contributed by atoms with Gasteiger partial charge < -0.3 is 9.67 Å². The van der Waals surface area contributed by atoms with Crippen molar-refractivity contribution in [1.29, 1.82) is 0 Å². The third-order valence-electron chi connectivity index (χ3n) is 2.40. The van der Waals surface area contributed by atoms with Crippen LogP contribution in [0.1, 0.15) is 10.4 Å². The number of sulfonamides is 1. The Hall–Kier alpha value is -1.67. The lowest BCUT2D eigenvalue weighted by Crippen LogP contribution is -2.31. The summed E-state index contributed by atoms with van der Waals surface area (Å²) in [5.74, 6) is -1.59. The van der Waals surface area contributed by atoms with E-state index in [2.05, 4.69) is 0 Å². The highest BCUT2D eigenvalue weighted by molar-refractivity contribution is 7.89. The quantitative estimate of drug-likeness (QED) is 0.776. The molecule has 1 heterocycles. The zero-order valence-electron chi connectivity index (χ0n) is 10.0. The number of aryl methyl sites for hydroxylation is 1. The summed E-state index contributed by atoms with van der Waals surface area (Å²) >= 11 is 0. The zero-order valence-corrected chi connectivity index (χ0v) is 10.8. The average Bonchev–Trinajstić information content (AvgIpc) is 2.27. The van der Waals surface area contributed by atoms with Gasteiger partial charge in [0.15, 0.2) is 0 Å². The molecule has 1 aromatic heterocycles. The van der Waals surface area contributed by atoms with Gasteiger partial charge in [-0.1, -0.05) is 0 Å². The van der Waals surface area contributed by atoms with E-state index >= 15 is 0 Å². The third kappa shape index (κ3) is 3.17. The van der Waals surface area contributed by atoms with E-state index in [0.29, 0.717) is 0 Å². The second kappa shape index (κ2) is 5.32. The Balaban J connectivity index is 2.98. The van der Waals surface area contributed by atoms with E-state index in [1.807, 2.05) is 0 Å². The first kappa shape index (κ1) is 14.4. The number of aromatic carboxylic acids is 1. The Kier molecular flexibility index (Phi) is 4.25. The van der Waals surface area contributed by atoms with Crippen molar-refractivity contribution < 1.29 is 18.3 Å². The van der Waals surface area contributed by atoms with Crippen LogP contribution in [-0.2, 0) is 16.6 Å². The minimum absolute atomic E-state index is 0.0829. The highest BCUT2D eigenvalue weighted by atomic mass is 32.2. The summed E-state index contributed by atoms with van der Waals surface area (Å²) in [5.41, 5.74) is -1.08. The second-order valence-corrected chi connectivity index (χ2v) is 6.13. The zero-order chi connectivity index (χ0) is 13.9. The molecular weight excluding hydrogens is 260 g/mol. The minimum atomic E-state index is -3.42. The molecule has 0 fully saturated rings. The standard InChI is InChI=1S/C10H14N2O5S/c1-11(2)18(16,17)7-6-12-5-3-4-8(9(12)13)10(14)15/h3-5H,6-7H2,1-2H3,(H,14,15). The van der Waals surface area contributed by atoms with E-state index in [-0.39, 0.29) is 17.9 Å². The van der Waals surface area contributed by atoms with E-state index in [1.54, 1.807) is 0 Å². The molecule has 0 atom stereocenters. The predicted molar refractivity (Wildman–Crippen MR) is 65.1 cm³/mol. The molecule has 8 heteroatoms. The van der Waals surface area contributed by atoms with E-state index in [0.717, 1.165) is 8.87 Å². The molecule has 0 radical (unpaired) electrons.